The smallest absolute Gasteiger partial charge is 0.221 e. The summed E-state index contributed by atoms with van der Waals surface area (Å²) in [6.07, 6.45) is 0.541. The first kappa shape index (κ1) is 11.2. The SMILES string of the molecule is CNCCC(=O)NCc1cscc1C. The van der Waals surface area contributed by atoms with E-state index in [9.17, 15) is 4.79 Å². The lowest BCUT2D eigenvalue weighted by atomic mass is 10.2. The molecule has 1 aromatic heterocycles. The molecule has 1 heterocycles. The Kier molecular flexibility index (Phi) is 4.62. The zero-order valence-corrected chi connectivity index (χ0v) is 9.41. The van der Waals surface area contributed by atoms with Crippen LogP contribution in [0.2, 0.25) is 0 Å². The van der Waals surface area contributed by atoms with Gasteiger partial charge in [0.05, 0.1) is 0 Å². The van der Waals surface area contributed by atoms with Crippen LogP contribution in [0.4, 0.5) is 0 Å². The van der Waals surface area contributed by atoms with E-state index in [1.165, 1.54) is 11.1 Å². The number of thiophene rings is 1. The fourth-order valence-electron chi connectivity index (χ4n) is 1.09. The molecular weight excluding hydrogens is 196 g/mol. The first-order valence-electron chi connectivity index (χ1n) is 4.67. The maximum atomic E-state index is 11.3. The molecule has 0 aliphatic heterocycles. The highest BCUT2D eigenvalue weighted by Crippen LogP contribution is 2.12. The highest BCUT2D eigenvalue weighted by Gasteiger charge is 2.02. The molecule has 0 saturated carbocycles. The highest BCUT2D eigenvalue weighted by atomic mass is 32.1. The Balaban J connectivity index is 2.27. The number of aryl methyl sites for hydroxylation is 1. The molecule has 78 valence electrons. The summed E-state index contributed by atoms with van der Waals surface area (Å²) < 4.78 is 0. The van der Waals surface area contributed by atoms with Crippen molar-refractivity contribution in [1.29, 1.82) is 0 Å². The molecule has 0 unspecified atom stereocenters. The fraction of sp³-hybridized carbons (Fsp3) is 0.500. The molecule has 0 aliphatic rings. The van der Waals surface area contributed by atoms with Crippen LogP contribution in [0.1, 0.15) is 17.5 Å². The minimum atomic E-state index is 0.102. The molecular formula is C10H16N2OS. The average molecular weight is 212 g/mol. The summed E-state index contributed by atoms with van der Waals surface area (Å²) in [6.45, 7) is 3.44. The molecule has 1 amide bonds. The molecule has 0 spiro atoms. The van der Waals surface area contributed by atoms with Crippen molar-refractivity contribution < 1.29 is 4.79 Å². The van der Waals surface area contributed by atoms with Crippen LogP contribution < -0.4 is 10.6 Å². The van der Waals surface area contributed by atoms with Crippen LogP contribution in [0.25, 0.3) is 0 Å². The van der Waals surface area contributed by atoms with Crippen LogP contribution in [-0.2, 0) is 11.3 Å². The molecule has 4 heteroatoms. The van der Waals surface area contributed by atoms with Gasteiger partial charge < -0.3 is 10.6 Å². The predicted octanol–water partition coefficient (Wildman–Crippen LogP) is 1.28. The number of carbonyl (C=O) groups excluding carboxylic acids is 1. The molecule has 0 radical (unpaired) electrons. The molecule has 1 rings (SSSR count). The quantitative estimate of drug-likeness (QED) is 0.772. The van der Waals surface area contributed by atoms with Gasteiger partial charge in [-0.3, -0.25) is 4.79 Å². The summed E-state index contributed by atoms with van der Waals surface area (Å²) >= 11 is 1.67. The van der Waals surface area contributed by atoms with E-state index in [1.54, 1.807) is 11.3 Å². The third-order valence-corrected chi connectivity index (χ3v) is 2.95. The van der Waals surface area contributed by atoms with Crippen LogP contribution >= 0.6 is 11.3 Å². The van der Waals surface area contributed by atoms with E-state index < -0.39 is 0 Å². The Morgan fingerprint density at radius 2 is 2.29 bits per heavy atom. The van der Waals surface area contributed by atoms with Crippen molar-refractivity contribution in [2.45, 2.75) is 19.9 Å². The Labute approximate surface area is 88.5 Å². The molecule has 0 bridgehead atoms. The Morgan fingerprint density at radius 3 is 2.86 bits per heavy atom. The number of amides is 1. The predicted molar refractivity (Wildman–Crippen MR) is 59.4 cm³/mol. The molecule has 0 saturated heterocycles. The summed E-state index contributed by atoms with van der Waals surface area (Å²) in [5, 5.41) is 10.0. The zero-order valence-electron chi connectivity index (χ0n) is 8.59. The monoisotopic (exact) mass is 212 g/mol. The van der Waals surface area contributed by atoms with Crippen molar-refractivity contribution in [3.8, 4) is 0 Å². The molecule has 14 heavy (non-hydrogen) atoms. The third-order valence-electron chi connectivity index (χ3n) is 2.04. The maximum absolute atomic E-state index is 11.3. The standard InChI is InChI=1S/C10H16N2OS/c1-8-6-14-7-9(8)5-12-10(13)3-4-11-2/h6-7,11H,3-5H2,1-2H3,(H,12,13). The van der Waals surface area contributed by atoms with Crippen molar-refractivity contribution in [1.82, 2.24) is 10.6 Å². The van der Waals surface area contributed by atoms with Crippen LogP contribution in [0.5, 0.6) is 0 Å². The summed E-state index contributed by atoms with van der Waals surface area (Å²) in [7, 11) is 1.84. The van der Waals surface area contributed by atoms with Gasteiger partial charge in [-0.1, -0.05) is 0 Å². The van der Waals surface area contributed by atoms with Gasteiger partial charge in [-0.05, 0) is 35.9 Å². The Hall–Kier alpha value is -0.870. The molecule has 0 aromatic carbocycles. The second kappa shape index (κ2) is 5.78. The summed E-state index contributed by atoms with van der Waals surface area (Å²) in [6, 6.07) is 0. The van der Waals surface area contributed by atoms with Gasteiger partial charge in [-0.25, -0.2) is 0 Å². The van der Waals surface area contributed by atoms with Crippen LogP contribution in [0, 0.1) is 6.92 Å². The van der Waals surface area contributed by atoms with Crippen LogP contribution in [-0.4, -0.2) is 19.5 Å². The van der Waals surface area contributed by atoms with Gasteiger partial charge in [0, 0.05) is 19.5 Å². The van der Waals surface area contributed by atoms with Crippen molar-refractivity contribution >= 4 is 17.2 Å². The fourth-order valence-corrected chi connectivity index (χ4v) is 1.95. The lowest BCUT2D eigenvalue weighted by Gasteiger charge is -2.04. The summed E-state index contributed by atoms with van der Waals surface area (Å²) in [5.41, 5.74) is 2.47. The minimum absolute atomic E-state index is 0.102. The van der Waals surface area contributed by atoms with Gasteiger partial charge >= 0.3 is 0 Å². The van der Waals surface area contributed by atoms with Gasteiger partial charge in [0.25, 0.3) is 0 Å². The molecule has 1 aromatic rings. The largest absolute Gasteiger partial charge is 0.352 e. The maximum Gasteiger partial charge on any atom is 0.221 e. The molecule has 3 nitrogen and oxygen atoms in total. The number of rotatable bonds is 5. The van der Waals surface area contributed by atoms with Crippen molar-refractivity contribution in [3.05, 3.63) is 21.9 Å². The number of hydrogen-bond donors (Lipinski definition) is 2. The second-order valence-electron chi connectivity index (χ2n) is 3.21. The lowest BCUT2D eigenvalue weighted by molar-refractivity contribution is -0.121. The van der Waals surface area contributed by atoms with Crippen molar-refractivity contribution in [2.75, 3.05) is 13.6 Å². The van der Waals surface area contributed by atoms with Gasteiger partial charge in [0.1, 0.15) is 0 Å². The molecule has 2 N–H and O–H groups in total. The first-order valence-corrected chi connectivity index (χ1v) is 5.61. The van der Waals surface area contributed by atoms with E-state index >= 15 is 0 Å². The van der Waals surface area contributed by atoms with Gasteiger partial charge in [-0.15, -0.1) is 0 Å². The topological polar surface area (TPSA) is 41.1 Å². The molecule has 0 aliphatic carbocycles. The third kappa shape index (κ3) is 3.47. The van der Waals surface area contributed by atoms with E-state index in [1.807, 2.05) is 7.05 Å². The molecule has 0 atom stereocenters. The van der Waals surface area contributed by atoms with Crippen LogP contribution in [0.15, 0.2) is 10.8 Å². The zero-order chi connectivity index (χ0) is 10.4. The van der Waals surface area contributed by atoms with Crippen LogP contribution in [0.3, 0.4) is 0 Å². The van der Waals surface area contributed by atoms with E-state index in [0.29, 0.717) is 13.0 Å². The normalized spacial score (nSPS) is 10.1. The van der Waals surface area contributed by atoms with E-state index in [2.05, 4.69) is 28.3 Å². The minimum Gasteiger partial charge on any atom is -0.352 e. The van der Waals surface area contributed by atoms with Gasteiger partial charge in [0.2, 0.25) is 5.91 Å². The number of nitrogens with one attached hydrogen (secondary N) is 2. The summed E-state index contributed by atoms with van der Waals surface area (Å²) in [4.78, 5) is 11.3. The number of carbonyl (C=O) groups is 1. The van der Waals surface area contributed by atoms with Crippen molar-refractivity contribution in [3.63, 3.8) is 0 Å². The molecule has 0 fully saturated rings. The first-order chi connectivity index (χ1) is 6.74. The summed E-state index contributed by atoms with van der Waals surface area (Å²) in [5.74, 6) is 0.102. The lowest BCUT2D eigenvalue weighted by Crippen LogP contribution is -2.26. The Bertz CT molecular complexity index is 296. The highest BCUT2D eigenvalue weighted by molar-refractivity contribution is 7.08. The number of hydrogen-bond acceptors (Lipinski definition) is 3. The van der Waals surface area contributed by atoms with Gasteiger partial charge in [-0.2, -0.15) is 11.3 Å². The van der Waals surface area contributed by atoms with Gasteiger partial charge in [0.15, 0.2) is 0 Å². The average Bonchev–Trinajstić information content (AvgIpc) is 2.58. The van der Waals surface area contributed by atoms with E-state index in [0.717, 1.165) is 6.54 Å². The van der Waals surface area contributed by atoms with E-state index in [-0.39, 0.29) is 5.91 Å². The Morgan fingerprint density at radius 1 is 1.50 bits per heavy atom. The van der Waals surface area contributed by atoms with E-state index in [4.69, 9.17) is 0 Å². The van der Waals surface area contributed by atoms with Crippen molar-refractivity contribution in [2.24, 2.45) is 0 Å². The second-order valence-corrected chi connectivity index (χ2v) is 3.95.